The third kappa shape index (κ3) is 6.40. The van der Waals surface area contributed by atoms with Crippen LogP contribution in [0.1, 0.15) is 72.4 Å². The van der Waals surface area contributed by atoms with Crippen LogP contribution in [0.15, 0.2) is 6.33 Å². The molecule has 2 aromatic heterocycles. The molecule has 0 spiro atoms. The summed E-state index contributed by atoms with van der Waals surface area (Å²) in [5, 5.41) is 2.90. The Balaban J connectivity index is 1.54. The van der Waals surface area contributed by atoms with E-state index in [0.717, 1.165) is 25.7 Å². The van der Waals surface area contributed by atoms with E-state index in [-0.39, 0.29) is 24.2 Å². The first-order valence-corrected chi connectivity index (χ1v) is 13.4. The minimum atomic E-state index is -2.16. The third-order valence-electron chi connectivity index (χ3n) is 7.25. The topological polar surface area (TPSA) is 153 Å². The van der Waals surface area contributed by atoms with Crippen LogP contribution in [0.3, 0.4) is 0 Å². The molecule has 3 N–H and O–H groups in total. The first kappa shape index (κ1) is 28.9. The number of anilines is 2. The number of carbonyl (C=O) groups is 2. The molecule has 0 radical (unpaired) electrons. The predicted molar refractivity (Wildman–Crippen MR) is 140 cm³/mol. The average Bonchev–Trinajstić information content (AvgIpc) is 3.39. The van der Waals surface area contributed by atoms with E-state index in [1.54, 1.807) is 27.8 Å². The zero-order valence-electron chi connectivity index (χ0n) is 23.2. The number of alkyl halides is 1. The van der Waals surface area contributed by atoms with E-state index >= 15 is 4.39 Å². The van der Waals surface area contributed by atoms with Crippen LogP contribution in [0.2, 0.25) is 0 Å². The summed E-state index contributed by atoms with van der Waals surface area (Å²) in [4.78, 5) is 37.5. The highest BCUT2D eigenvalue weighted by Crippen LogP contribution is 2.44. The zero-order valence-corrected chi connectivity index (χ0v) is 23.2. The molecule has 3 heterocycles. The maximum absolute atomic E-state index is 16.5. The summed E-state index contributed by atoms with van der Waals surface area (Å²) in [6, 6.07) is 0. The van der Waals surface area contributed by atoms with E-state index in [4.69, 9.17) is 24.7 Å². The number of ether oxygens (including phenoxy) is 4. The summed E-state index contributed by atoms with van der Waals surface area (Å²) in [5.74, 6) is -0.212. The molecule has 0 aromatic carbocycles. The van der Waals surface area contributed by atoms with Gasteiger partial charge in [0.1, 0.15) is 18.8 Å². The van der Waals surface area contributed by atoms with Gasteiger partial charge in [-0.3, -0.25) is 14.2 Å². The lowest BCUT2D eigenvalue weighted by molar-refractivity contribution is -0.180. The van der Waals surface area contributed by atoms with Gasteiger partial charge in [-0.1, -0.05) is 19.3 Å². The van der Waals surface area contributed by atoms with Gasteiger partial charge in [-0.05, 0) is 46.5 Å². The van der Waals surface area contributed by atoms with Gasteiger partial charge in [0.05, 0.1) is 11.7 Å². The Morgan fingerprint density at radius 2 is 1.95 bits per heavy atom. The van der Waals surface area contributed by atoms with Gasteiger partial charge < -0.3 is 30.0 Å². The average molecular weight is 551 g/mol. The standard InChI is InChI=1S/C26H39FN6O6/c1-25(2,3)23(35)38-14-37-19-16(12-36-17(34)11-15-9-7-6-8-10-15)39-22(26(19,4)27)33-13-30-18-20(29-5)31-24(28)32-21(18)33/h13,15-16,19,22H,6-12,14H2,1-5H3,(H3,28,29,31,32)/t16-,19-,22-,26-/m1/s1. The first-order valence-electron chi connectivity index (χ1n) is 13.4. The van der Waals surface area contributed by atoms with Crippen molar-refractivity contribution < 1.29 is 32.9 Å². The molecular weight excluding hydrogens is 511 g/mol. The second-order valence-electron chi connectivity index (χ2n) is 11.5. The van der Waals surface area contributed by atoms with Gasteiger partial charge in [0, 0.05) is 13.5 Å². The highest BCUT2D eigenvalue weighted by Gasteiger charge is 2.57. The second-order valence-corrected chi connectivity index (χ2v) is 11.5. The van der Waals surface area contributed by atoms with Crippen LogP contribution in [0.25, 0.3) is 11.2 Å². The highest BCUT2D eigenvalue weighted by molar-refractivity contribution is 5.84. The fourth-order valence-electron chi connectivity index (χ4n) is 5.13. The number of halogens is 1. The van der Waals surface area contributed by atoms with Crippen molar-refractivity contribution in [2.24, 2.45) is 11.3 Å². The van der Waals surface area contributed by atoms with Crippen molar-refractivity contribution in [3.63, 3.8) is 0 Å². The van der Waals surface area contributed by atoms with Crippen LogP contribution in [-0.4, -0.2) is 69.8 Å². The SMILES string of the molecule is CNc1nc(N)nc2c1ncn2[C@@H]1O[C@H](COC(=O)CC2CCCCC2)[C@@H](OCOC(=O)C(C)(C)C)[C@@]1(C)F. The number of aromatic nitrogens is 4. The van der Waals surface area contributed by atoms with Crippen LogP contribution in [-0.2, 0) is 28.5 Å². The van der Waals surface area contributed by atoms with Gasteiger partial charge >= 0.3 is 11.9 Å². The monoisotopic (exact) mass is 550 g/mol. The maximum atomic E-state index is 16.5. The Labute approximate surface area is 227 Å². The molecular formula is C26H39FN6O6. The van der Waals surface area contributed by atoms with Crippen molar-refractivity contribution in [1.29, 1.82) is 0 Å². The molecule has 1 saturated carbocycles. The van der Waals surface area contributed by atoms with Crippen molar-refractivity contribution in [2.45, 2.75) is 90.3 Å². The number of nitrogen functional groups attached to an aromatic ring is 1. The number of esters is 2. The number of rotatable bonds is 9. The number of nitrogens with zero attached hydrogens (tertiary/aromatic N) is 4. The summed E-state index contributed by atoms with van der Waals surface area (Å²) in [7, 11) is 1.66. The van der Waals surface area contributed by atoms with E-state index in [2.05, 4.69) is 20.3 Å². The zero-order chi connectivity index (χ0) is 28.4. The van der Waals surface area contributed by atoms with Gasteiger partial charge in [0.25, 0.3) is 0 Å². The fourth-order valence-corrected chi connectivity index (χ4v) is 5.13. The van der Waals surface area contributed by atoms with Gasteiger partial charge in [-0.15, -0.1) is 0 Å². The minimum absolute atomic E-state index is 0.0257. The van der Waals surface area contributed by atoms with Crippen molar-refractivity contribution in [1.82, 2.24) is 19.5 Å². The van der Waals surface area contributed by atoms with Crippen LogP contribution < -0.4 is 11.1 Å². The summed E-state index contributed by atoms with van der Waals surface area (Å²) < 4.78 is 40.6. The largest absolute Gasteiger partial charge is 0.463 e. The number of imidazole rings is 1. The first-order chi connectivity index (χ1) is 18.4. The molecule has 13 heteroatoms. The van der Waals surface area contributed by atoms with Gasteiger partial charge in [0.15, 0.2) is 35.7 Å². The molecule has 2 fully saturated rings. The molecule has 1 aliphatic heterocycles. The molecule has 12 nitrogen and oxygen atoms in total. The van der Waals surface area contributed by atoms with Crippen molar-refractivity contribution in [2.75, 3.05) is 31.5 Å². The van der Waals surface area contributed by atoms with Crippen LogP contribution in [0, 0.1) is 11.3 Å². The molecule has 4 atom stereocenters. The van der Waals surface area contributed by atoms with Crippen LogP contribution >= 0.6 is 0 Å². The van der Waals surface area contributed by atoms with Crippen molar-refractivity contribution >= 4 is 34.9 Å². The lowest BCUT2D eigenvalue weighted by Gasteiger charge is -2.28. The van der Waals surface area contributed by atoms with Gasteiger partial charge in [-0.25, -0.2) is 9.37 Å². The second kappa shape index (κ2) is 11.6. The van der Waals surface area contributed by atoms with E-state index in [0.29, 0.717) is 23.7 Å². The molecule has 2 aromatic rings. The molecule has 1 aliphatic carbocycles. The van der Waals surface area contributed by atoms with E-state index < -0.39 is 42.3 Å². The lowest BCUT2D eigenvalue weighted by Crippen LogP contribution is -2.44. The van der Waals surface area contributed by atoms with Gasteiger partial charge in [0.2, 0.25) is 5.95 Å². The van der Waals surface area contributed by atoms with Crippen LogP contribution in [0.5, 0.6) is 0 Å². The highest BCUT2D eigenvalue weighted by atomic mass is 19.1. The normalized spacial score (nSPS) is 26.1. The number of nitrogens with two attached hydrogens (primary N) is 1. The Morgan fingerprint density at radius 1 is 1.23 bits per heavy atom. The molecule has 0 amide bonds. The minimum Gasteiger partial charge on any atom is -0.463 e. The quantitative estimate of drug-likeness (QED) is 0.348. The predicted octanol–water partition coefficient (Wildman–Crippen LogP) is 3.52. The van der Waals surface area contributed by atoms with Crippen LogP contribution in [0.4, 0.5) is 16.2 Å². The Hall–Kier alpha value is -3.06. The molecule has 39 heavy (non-hydrogen) atoms. The smallest absolute Gasteiger partial charge is 0.313 e. The summed E-state index contributed by atoms with van der Waals surface area (Å²) in [5.41, 5.74) is 3.58. The van der Waals surface area contributed by atoms with Crippen molar-refractivity contribution in [3.05, 3.63) is 6.33 Å². The Bertz CT molecular complexity index is 1180. The van der Waals surface area contributed by atoms with Crippen molar-refractivity contribution in [3.8, 4) is 0 Å². The van der Waals surface area contributed by atoms with E-state index in [9.17, 15) is 9.59 Å². The number of carbonyl (C=O) groups excluding carboxylic acids is 2. The molecule has 0 bridgehead atoms. The van der Waals surface area contributed by atoms with E-state index in [1.807, 2.05) is 0 Å². The molecule has 0 unspecified atom stereocenters. The summed E-state index contributed by atoms with van der Waals surface area (Å²) >= 11 is 0. The number of nitrogens with one attached hydrogen (secondary N) is 1. The third-order valence-corrected chi connectivity index (χ3v) is 7.25. The Morgan fingerprint density at radius 3 is 2.62 bits per heavy atom. The van der Waals surface area contributed by atoms with Gasteiger partial charge in [-0.2, -0.15) is 9.97 Å². The summed E-state index contributed by atoms with van der Waals surface area (Å²) in [6.45, 7) is 5.70. The molecule has 4 rings (SSSR count). The number of hydrogen-bond acceptors (Lipinski definition) is 11. The summed E-state index contributed by atoms with van der Waals surface area (Å²) in [6.07, 6.45) is 3.61. The fraction of sp³-hybridized carbons (Fsp3) is 0.731. The number of hydrogen-bond donors (Lipinski definition) is 2. The Kier molecular flexibility index (Phi) is 8.60. The maximum Gasteiger partial charge on any atom is 0.313 e. The lowest BCUT2D eigenvalue weighted by atomic mass is 9.87. The van der Waals surface area contributed by atoms with E-state index in [1.165, 1.54) is 24.2 Å². The molecule has 2 aliphatic rings. The molecule has 1 saturated heterocycles. The number of fused-ring (bicyclic) bond motifs is 1. The molecule has 216 valence electrons.